The van der Waals surface area contributed by atoms with E-state index in [1.807, 2.05) is 41.5 Å². The number of methoxy groups -OCH3 is 2. The number of para-hydroxylation sites is 1. The SMILES string of the molecule is CCC1=C(C(=O)OC)[C@H](c2ccccc2OC)N2C(CC(=O)N[C@@H]3C[C@H]4CC[C@H]3C4)=CSC2=N1. The van der Waals surface area contributed by atoms with Crippen LogP contribution in [-0.2, 0) is 14.3 Å². The van der Waals surface area contributed by atoms with Crippen molar-refractivity contribution in [2.75, 3.05) is 14.2 Å². The molecule has 2 heterocycles. The lowest BCUT2D eigenvalue weighted by molar-refractivity contribution is -0.136. The van der Waals surface area contributed by atoms with E-state index in [-0.39, 0.29) is 18.4 Å². The second kappa shape index (κ2) is 9.49. The van der Waals surface area contributed by atoms with Crippen molar-refractivity contribution in [1.82, 2.24) is 10.2 Å². The molecule has 0 saturated heterocycles. The zero-order valence-corrected chi connectivity index (χ0v) is 20.7. The fourth-order valence-electron chi connectivity index (χ4n) is 5.94. The van der Waals surface area contributed by atoms with Crippen molar-refractivity contribution < 1.29 is 19.1 Å². The predicted octanol–water partition coefficient (Wildman–Crippen LogP) is 4.53. The average Bonchev–Trinajstić information content (AvgIpc) is 3.58. The predicted molar refractivity (Wildman–Crippen MR) is 132 cm³/mol. The third kappa shape index (κ3) is 4.02. The molecule has 34 heavy (non-hydrogen) atoms. The lowest BCUT2D eigenvalue weighted by atomic mass is 9.92. The highest BCUT2D eigenvalue weighted by atomic mass is 32.2. The summed E-state index contributed by atoms with van der Waals surface area (Å²) in [4.78, 5) is 32.9. The first kappa shape index (κ1) is 23.0. The van der Waals surface area contributed by atoms with Crippen LogP contribution < -0.4 is 10.1 Å². The first-order valence-corrected chi connectivity index (χ1v) is 12.9. The van der Waals surface area contributed by atoms with Crippen LogP contribution in [0.3, 0.4) is 0 Å². The van der Waals surface area contributed by atoms with Crippen LogP contribution in [0.15, 0.2) is 51.6 Å². The minimum Gasteiger partial charge on any atom is -0.496 e. The summed E-state index contributed by atoms with van der Waals surface area (Å²) in [5, 5.41) is 6.04. The van der Waals surface area contributed by atoms with Gasteiger partial charge in [0.05, 0.1) is 38.0 Å². The first-order chi connectivity index (χ1) is 16.5. The number of hydrogen-bond acceptors (Lipinski definition) is 7. The third-order valence-electron chi connectivity index (χ3n) is 7.49. The van der Waals surface area contributed by atoms with Gasteiger partial charge in [-0.25, -0.2) is 9.79 Å². The summed E-state index contributed by atoms with van der Waals surface area (Å²) in [5.41, 5.74) is 2.85. The number of amidine groups is 1. The quantitative estimate of drug-likeness (QED) is 0.577. The first-order valence-electron chi connectivity index (χ1n) is 12.0. The smallest absolute Gasteiger partial charge is 0.338 e. The molecule has 1 N–H and O–H groups in total. The van der Waals surface area contributed by atoms with E-state index < -0.39 is 12.0 Å². The number of esters is 1. The van der Waals surface area contributed by atoms with E-state index in [2.05, 4.69) is 5.32 Å². The molecule has 0 spiro atoms. The van der Waals surface area contributed by atoms with Crippen molar-refractivity contribution in [1.29, 1.82) is 0 Å². The van der Waals surface area contributed by atoms with Crippen LogP contribution in [0.4, 0.5) is 0 Å². The maximum atomic E-state index is 13.1. The van der Waals surface area contributed by atoms with Crippen LogP contribution in [0, 0.1) is 11.8 Å². The number of carbonyl (C=O) groups excluding carboxylic acids is 2. The highest BCUT2D eigenvalue weighted by Gasteiger charge is 2.43. The maximum Gasteiger partial charge on any atom is 0.338 e. The number of amides is 1. The molecule has 1 aromatic rings. The fourth-order valence-corrected chi connectivity index (χ4v) is 6.88. The molecule has 2 fully saturated rings. The van der Waals surface area contributed by atoms with Gasteiger partial charge in [-0.2, -0.15) is 0 Å². The summed E-state index contributed by atoms with van der Waals surface area (Å²) in [5.74, 6) is 1.67. The summed E-state index contributed by atoms with van der Waals surface area (Å²) in [7, 11) is 3.01. The van der Waals surface area contributed by atoms with Gasteiger partial charge in [0.15, 0.2) is 5.17 Å². The molecule has 4 aliphatic rings. The van der Waals surface area contributed by atoms with Gasteiger partial charge in [0, 0.05) is 17.3 Å². The molecule has 2 aliphatic carbocycles. The number of thioether (sulfide) groups is 1. The Hall–Kier alpha value is -2.74. The summed E-state index contributed by atoms with van der Waals surface area (Å²) in [6.07, 6.45) is 5.69. The zero-order valence-electron chi connectivity index (χ0n) is 19.9. The molecule has 1 amide bonds. The standard InChI is InChI=1S/C26H31N3O4S/c1-4-19-23(25(31)33-3)24(18-7-5-6-8-21(18)32-2)29-17(14-34-26(29)28-19)13-22(30)27-20-12-15-9-10-16(20)11-15/h5-8,14-16,20,24H,4,9-13H2,1-3H3,(H,27,30)/t15-,16-,20+,24-/m0/s1. The molecule has 2 bridgehead atoms. The van der Waals surface area contributed by atoms with Crippen molar-refractivity contribution in [3.63, 3.8) is 0 Å². The van der Waals surface area contributed by atoms with Gasteiger partial charge in [-0.3, -0.25) is 4.79 Å². The molecule has 0 unspecified atom stereocenters. The molecule has 2 aliphatic heterocycles. The Balaban J connectivity index is 1.47. The lowest BCUT2D eigenvalue weighted by Gasteiger charge is -2.37. The van der Waals surface area contributed by atoms with Gasteiger partial charge in [-0.1, -0.05) is 43.3 Å². The van der Waals surface area contributed by atoms with Gasteiger partial charge >= 0.3 is 5.97 Å². The Morgan fingerprint density at radius 2 is 2.03 bits per heavy atom. The summed E-state index contributed by atoms with van der Waals surface area (Å²) < 4.78 is 10.9. The number of carbonyl (C=O) groups is 2. The molecule has 180 valence electrons. The fraction of sp³-hybridized carbons (Fsp3) is 0.500. The molecule has 7 nitrogen and oxygen atoms in total. The molecule has 1 aromatic carbocycles. The van der Waals surface area contributed by atoms with E-state index in [1.54, 1.807) is 7.11 Å². The zero-order chi connectivity index (χ0) is 23.8. The molecular weight excluding hydrogens is 450 g/mol. The van der Waals surface area contributed by atoms with Gasteiger partial charge in [0.25, 0.3) is 0 Å². The van der Waals surface area contributed by atoms with E-state index in [0.717, 1.165) is 28.8 Å². The van der Waals surface area contributed by atoms with Crippen LogP contribution in [-0.4, -0.2) is 42.2 Å². The van der Waals surface area contributed by atoms with Crippen LogP contribution in [0.25, 0.3) is 0 Å². The van der Waals surface area contributed by atoms with Crippen LogP contribution in [0.2, 0.25) is 0 Å². The largest absolute Gasteiger partial charge is 0.496 e. The summed E-state index contributed by atoms with van der Waals surface area (Å²) >= 11 is 1.49. The van der Waals surface area contributed by atoms with Gasteiger partial charge in [-0.05, 0) is 49.0 Å². The van der Waals surface area contributed by atoms with Crippen LogP contribution in [0.5, 0.6) is 5.75 Å². The van der Waals surface area contributed by atoms with Gasteiger partial charge in [-0.15, -0.1) is 0 Å². The molecule has 0 radical (unpaired) electrons. The number of fused-ring (bicyclic) bond motifs is 3. The number of ether oxygens (including phenoxy) is 2. The van der Waals surface area contributed by atoms with Crippen molar-refractivity contribution >= 4 is 28.8 Å². The second-order valence-electron chi connectivity index (χ2n) is 9.37. The average molecular weight is 482 g/mol. The monoisotopic (exact) mass is 481 g/mol. The number of nitrogens with one attached hydrogen (secondary N) is 1. The minimum atomic E-state index is -0.484. The molecule has 0 aromatic heterocycles. The number of benzene rings is 1. The van der Waals surface area contributed by atoms with E-state index in [4.69, 9.17) is 14.5 Å². The van der Waals surface area contributed by atoms with Crippen molar-refractivity contribution in [3.8, 4) is 5.75 Å². The van der Waals surface area contributed by atoms with Crippen molar-refractivity contribution in [2.24, 2.45) is 16.8 Å². The summed E-state index contributed by atoms with van der Waals surface area (Å²) in [6, 6.07) is 7.48. The van der Waals surface area contributed by atoms with Gasteiger partial charge in [0.1, 0.15) is 5.75 Å². The highest BCUT2D eigenvalue weighted by molar-refractivity contribution is 8.16. The Kier molecular flexibility index (Phi) is 6.42. The van der Waals surface area contributed by atoms with Crippen molar-refractivity contribution in [2.45, 2.75) is 57.5 Å². The van der Waals surface area contributed by atoms with Crippen LogP contribution in [0.1, 0.15) is 57.1 Å². The number of allylic oxidation sites excluding steroid dienone is 1. The molecule has 5 rings (SSSR count). The Labute approximate surface area is 204 Å². The molecule has 2 saturated carbocycles. The Morgan fingerprint density at radius 1 is 1.21 bits per heavy atom. The van der Waals surface area contributed by atoms with E-state index >= 15 is 0 Å². The highest BCUT2D eigenvalue weighted by Crippen LogP contribution is 2.48. The van der Waals surface area contributed by atoms with E-state index in [0.29, 0.717) is 29.4 Å². The number of hydrogen-bond donors (Lipinski definition) is 1. The second-order valence-corrected chi connectivity index (χ2v) is 10.2. The van der Waals surface area contributed by atoms with Crippen molar-refractivity contribution in [3.05, 3.63) is 52.2 Å². The van der Waals surface area contributed by atoms with E-state index in [1.165, 1.54) is 38.1 Å². The normalized spacial score (nSPS) is 27.3. The Morgan fingerprint density at radius 3 is 2.71 bits per heavy atom. The lowest BCUT2D eigenvalue weighted by Crippen LogP contribution is -2.41. The molecule has 8 heteroatoms. The number of aliphatic imine (C=N–C) groups is 1. The molecular formula is C26H31N3O4S. The van der Waals surface area contributed by atoms with E-state index in [9.17, 15) is 9.59 Å². The van der Waals surface area contributed by atoms with Gasteiger partial charge in [0.2, 0.25) is 5.91 Å². The summed E-state index contributed by atoms with van der Waals surface area (Å²) in [6.45, 7) is 1.98. The third-order valence-corrected chi connectivity index (χ3v) is 8.38. The Bertz CT molecular complexity index is 1100. The number of rotatable bonds is 7. The minimum absolute atomic E-state index is 0.0225. The van der Waals surface area contributed by atoms with Gasteiger partial charge < -0.3 is 19.7 Å². The van der Waals surface area contributed by atoms with Crippen LogP contribution >= 0.6 is 11.8 Å². The maximum absolute atomic E-state index is 13.1. The number of nitrogens with zero attached hydrogens (tertiary/aromatic N) is 2. The topological polar surface area (TPSA) is 80.2 Å². The molecule has 4 atom stereocenters.